The van der Waals surface area contributed by atoms with Crippen molar-refractivity contribution in [2.75, 3.05) is 13.2 Å². The molecule has 102 valence electrons. The summed E-state index contributed by atoms with van der Waals surface area (Å²) in [6.07, 6.45) is 2.27. The van der Waals surface area contributed by atoms with Crippen LogP contribution in [0.2, 0.25) is 0 Å². The van der Waals surface area contributed by atoms with Crippen LogP contribution in [0.15, 0.2) is 18.2 Å². The van der Waals surface area contributed by atoms with Gasteiger partial charge < -0.3 is 15.2 Å². The molecule has 1 amide bonds. The number of nitrogens with one attached hydrogen (secondary N) is 1. The molecule has 0 saturated carbocycles. The fraction of sp³-hybridized carbons (Fsp3) is 0.429. The van der Waals surface area contributed by atoms with E-state index in [1.165, 1.54) is 5.56 Å². The van der Waals surface area contributed by atoms with Crippen LogP contribution >= 0.6 is 0 Å². The second-order valence-corrected chi connectivity index (χ2v) is 4.56. The summed E-state index contributed by atoms with van der Waals surface area (Å²) in [6.45, 7) is 1.23. The second-order valence-electron chi connectivity index (χ2n) is 4.56. The number of carboxylic acids is 1. The molecule has 0 saturated heterocycles. The van der Waals surface area contributed by atoms with Crippen molar-refractivity contribution in [1.29, 1.82) is 0 Å². The fourth-order valence-electron chi connectivity index (χ4n) is 2.12. The Bertz CT molecular complexity index is 484. The summed E-state index contributed by atoms with van der Waals surface area (Å²) in [4.78, 5) is 21.5. The number of carbonyl (C=O) groups is 2. The van der Waals surface area contributed by atoms with E-state index in [9.17, 15) is 9.59 Å². The predicted octanol–water partition coefficient (Wildman–Crippen LogP) is 1.14. The molecule has 0 unspecified atom stereocenters. The van der Waals surface area contributed by atoms with Gasteiger partial charge in [-0.15, -0.1) is 0 Å². The van der Waals surface area contributed by atoms with Crippen LogP contribution in [0, 0.1) is 0 Å². The van der Waals surface area contributed by atoms with E-state index < -0.39 is 18.3 Å². The number of carbonyl (C=O) groups excluding carboxylic acids is 1. The van der Waals surface area contributed by atoms with Crippen molar-refractivity contribution in [3.05, 3.63) is 29.3 Å². The molecule has 0 spiro atoms. The van der Waals surface area contributed by atoms with Gasteiger partial charge in [0, 0.05) is 6.54 Å². The molecule has 0 aromatic heterocycles. The molecule has 0 radical (unpaired) electrons. The zero-order chi connectivity index (χ0) is 13.7. The van der Waals surface area contributed by atoms with Crippen molar-refractivity contribution in [1.82, 2.24) is 5.32 Å². The lowest BCUT2D eigenvalue weighted by molar-refractivity contribution is -0.140. The lowest BCUT2D eigenvalue weighted by Crippen LogP contribution is -2.27. The molecule has 5 nitrogen and oxygen atoms in total. The normalized spacial score (nSPS) is 13.3. The average Bonchev–Trinajstić information content (AvgIpc) is 2.37. The molecule has 1 aliphatic heterocycles. The lowest BCUT2D eigenvalue weighted by atomic mass is 10.0. The van der Waals surface area contributed by atoms with Gasteiger partial charge in [0.05, 0.1) is 6.61 Å². The van der Waals surface area contributed by atoms with Crippen LogP contribution in [0.1, 0.15) is 24.0 Å². The molecule has 2 rings (SSSR count). The van der Waals surface area contributed by atoms with Crippen LogP contribution in [0.4, 0.5) is 0 Å². The smallest absolute Gasteiger partial charge is 0.312 e. The number of hydrogen-bond donors (Lipinski definition) is 2. The van der Waals surface area contributed by atoms with Crippen molar-refractivity contribution in [2.45, 2.75) is 25.7 Å². The van der Waals surface area contributed by atoms with Crippen molar-refractivity contribution in [3.8, 4) is 5.75 Å². The Morgan fingerprint density at radius 2 is 2.21 bits per heavy atom. The molecule has 1 aromatic rings. The van der Waals surface area contributed by atoms with E-state index >= 15 is 0 Å². The van der Waals surface area contributed by atoms with Gasteiger partial charge in [-0.05, 0) is 36.5 Å². The molecule has 19 heavy (non-hydrogen) atoms. The number of hydrogen-bond acceptors (Lipinski definition) is 3. The van der Waals surface area contributed by atoms with Gasteiger partial charge in [-0.2, -0.15) is 0 Å². The minimum atomic E-state index is -1.11. The number of rotatable bonds is 5. The number of aliphatic carboxylic acids is 1. The number of ether oxygens (including phenoxy) is 1. The van der Waals surface area contributed by atoms with Gasteiger partial charge in [0.15, 0.2) is 0 Å². The van der Waals surface area contributed by atoms with E-state index in [1.54, 1.807) is 0 Å². The summed E-state index contributed by atoms with van der Waals surface area (Å²) in [5.41, 5.74) is 2.33. The highest BCUT2D eigenvalue weighted by atomic mass is 16.5. The van der Waals surface area contributed by atoms with Crippen LogP contribution in [0.3, 0.4) is 0 Å². The summed E-state index contributed by atoms with van der Waals surface area (Å²) in [6, 6.07) is 6.04. The van der Waals surface area contributed by atoms with Crippen molar-refractivity contribution < 1.29 is 19.4 Å². The summed E-state index contributed by atoms with van der Waals surface area (Å²) in [7, 11) is 0. The van der Waals surface area contributed by atoms with Crippen LogP contribution in [0.5, 0.6) is 5.75 Å². The number of carboxylic acid groups (broad SMARTS) is 1. The molecule has 1 aromatic carbocycles. The zero-order valence-corrected chi connectivity index (χ0v) is 10.6. The third-order valence-corrected chi connectivity index (χ3v) is 3.02. The molecule has 2 N–H and O–H groups in total. The molecule has 1 heterocycles. The maximum atomic E-state index is 11.2. The summed E-state index contributed by atoms with van der Waals surface area (Å²) in [5, 5.41) is 11.0. The summed E-state index contributed by atoms with van der Waals surface area (Å²) in [5.74, 6) is -0.609. The van der Waals surface area contributed by atoms with Crippen LogP contribution in [-0.2, 0) is 22.4 Å². The largest absolute Gasteiger partial charge is 0.493 e. The summed E-state index contributed by atoms with van der Waals surface area (Å²) >= 11 is 0. The first-order valence-corrected chi connectivity index (χ1v) is 6.38. The minimum absolute atomic E-state index is 0.450. The average molecular weight is 263 g/mol. The second kappa shape index (κ2) is 6.22. The highest BCUT2D eigenvalue weighted by Gasteiger charge is 2.11. The Morgan fingerprint density at radius 3 is 3.00 bits per heavy atom. The first kappa shape index (κ1) is 13.4. The van der Waals surface area contributed by atoms with Crippen LogP contribution in [-0.4, -0.2) is 30.1 Å². The Balaban J connectivity index is 1.83. The molecule has 0 fully saturated rings. The molecule has 1 aliphatic rings. The van der Waals surface area contributed by atoms with Crippen LogP contribution < -0.4 is 10.1 Å². The third kappa shape index (κ3) is 3.98. The predicted molar refractivity (Wildman–Crippen MR) is 69.2 cm³/mol. The van der Waals surface area contributed by atoms with E-state index in [1.807, 2.05) is 12.1 Å². The molecule has 0 atom stereocenters. The zero-order valence-electron chi connectivity index (χ0n) is 10.6. The van der Waals surface area contributed by atoms with Crippen molar-refractivity contribution in [2.24, 2.45) is 0 Å². The fourth-order valence-corrected chi connectivity index (χ4v) is 2.12. The van der Waals surface area contributed by atoms with E-state index in [0.29, 0.717) is 13.0 Å². The molecule has 0 aliphatic carbocycles. The van der Waals surface area contributed by atoms with Gasteiger partial charge in [0.2, 0.25) is 5.91 Å². The summed E-state index contributed by atoms with van der Waals surface area (Å²) < 4.78 is 5.53. The Hall–Kier alpha value is -2.04. The van der Waals surface area contributed by atoms with Crippen LogP contribution in [0.25, 0.3) is 0 Å². The first-order chi connectivity index (χ1) is 9.15. The molecular formula is C14H17NO4. The maximum Gasteiger partial charge on any atom is 0.312 e. The third-order valence-electron chi connectivity index (χ3n) is 3.02. The number of aryl methyl sites for hydroxylation is 1. The van der Waals surface area contributed by atoms with Gasteiger partial charge in [-0.25, -0.2) is 0 Å². The first-order valence-electron chi connectivity index (χ1n) is 6.38. The van der Waals surface area contributed by atoms with Gasteiger partial charge in [-0.1, -0.05) is 12.1 Å². The quantitative estimate of drug-likeness (QED) is 0.781. The molecule has 0 bridgehead atoms. The highest BCUT2D eigenvalue weighted by molar-refractivity contribution is 5.93. The Morgan fingerprint density at radius 1 is 1.37 bits per heavy atom. The monoisotopic (exact) mass is 263 g/mol. The van der Waals surface area contributed by atoms with E-state index in [4.69, 9.17) is 9.84 Å². The maximum absolute atomic E-state index is 11.2. The van der Waals surface area contributed by atoms with E-state index in [0.717, 1.165) is 30.8 Å². The van der Waals surface area contributed by atoms with Gasteiger partial charge in [0.1, 0.15) is 12.2 Å². The number of fused-ring (bicyclic) bond motifs is 1. The topological polar surface area (TPSA) is 75.6 Å². The number of amides is 1. The van der Waals surface area contributed by atoms with Gasteiger partial charge in [-0.3, -0.25) is 9.59 Å². The SMILES string of the molecule is O=C(O)CC(=O)NCCc1ccc2c(c1)CCCO2. The molecule has 5 heteroatoms. The molecular weight excluding hydrogens is 246 g/mol. The highest BCUT2D eigenvalue weighted by Crippen LogP contribution is 2.25. The van der Waals surface area contributed by atoms with E-state index in [2.05, 4.69) is 11.4 Å². The minimum Gasteiger partial charge on any atom is -0.493 e. The Labute approximate surface area is 111 Å². The Kier molecular flexibility index (Phi) is 4.39. The van der Waals surface area contributed by atoms with Crippen molar-refractivity contribution in [3.63, 3.8) is 0 Å². The standard InChI is InChI=1S/C14H17NO4/c16-13(9-14(17)18)15-6-5-10-3-4-12-11(8-10)2-1-7-19-12/h3-4,8H,1-2,5-7,9H2,(H,15,16)(H,17,18). The van der Waals surface area contributed by atoms with Gasteiger partial charge in [0.25, 0.3) is 0 Å². The lowest BCUT2D eigenvalue weighted by Gasteiger charge is -2.17. The number of benzene rings is 1. The van der Waals surface area contributed by atoms with Crippen molar-refractivity contribution >= 4 is 11.9 Å². The van der Waals surface area contributed by atoms with E-state index in [-0.39, 0.29) is 0 Å². The van der Waals surface area contributed by atoms with Gasteiger partial charge >= 0.3 is 5.97 Å².